The van der Waals surface area contributed by atoms with Crippen molar-refractivity contribution in [2.24, 2.45) is 5.92 Å². The summed E-state index contributed by atoms with van der Waals surface area (Å²) in [4.78, 5) is 12.6. The van der Waals surface area contributed by atoms with Gasteiger partial charge in [-0.1, -0.05) is 24.6 Å². The van der Waals surface area contributed by atoms with Gasteiger partial charge in [0.1, 0.15) is 5.82 Å². The van der Waals surface area contributed by atoms with Gasteiger partial charge in [0.25, 0.3) is 5.91 Å². The maximum atomic E-state index is 14.1. The van der Waals surface area contributed by atoms with Crippen molar-refractivity contribution in [2.75, 3.05) is 6.54 Å². The second kappa shape index (κ2) is 6.07. The van der Waals surface area contributed by atoms with Gasteiger partial charge in [-0.25, -0.2) is 4.39 Å². The van der Waals surface area contributed by atoms with E-state index in [1.165, 1.54) is 25.3 Å². The Labute approximate surface area is 139 Å². The predicted molar refractivity (Wildman–Crippen MR) is 91.2 cm³/mol. The fourth-order valence-corrected chi connectivity index (χ4v) is 3.12. The molecule has 1 aliphatic rings. The molecule has 1 aliphatic carbocycles. The monoisotopic (exact) mass is 323 g/mol. The molecule has 1 aromatic heterocycles. The summed E-state index contributed by atoms with van der Waals surface area (Å²) in [6.45, 7) is 0.693. The highest BCUT2D eigenvalue weighted by Gasteiger charge is 2.20. The summed E-state index contributed by atoms with van der Waals surface area (Å²) in [6.07, 6.45) is 5.25. The molecule has 24 heavy (non-hydrogen) atoms. The van der Waals surface area contributed by atoms with Crippen molar-refractivity contribution in [3.8, 4) is 11.1 Å². The molecule has 1 fully saturated rings. The van der Waals surface area contributed by atoms with Gasteiger partial charge >= 0.3 is 0 Å². The molecule has 4 rings (SSSR count). The van der Waals surface area contributed by atoms with E-state index in [0.29, 0.717) is 34.7 Å². The SMILES string of the molecule is O=C(NCC1CCC1)c1cc(-c2ccccc2F)cc2cn[nH]c12. The molecule has 122 valence electrons. The number of rotatable bonds is 4. The lowest BCUT2D eigenvalue weighted by Crippen LogP contribution is -2.32. The Kier molecular flexibility index (Phi) is 3.76. The van der Waals surface area contributed by atoms with E-state index in [4.69, 9.17) is 0 Å². The van der Waals surface area contributed by atoms with Gasteiger partial charge in [-0.2, -0.15) is 5.10 Å². The second-order valence-corrected chi connectivity index (χ2v) is 6.34. The molecule has 0 atom stereocenters. The van der Waals surface area contributed by atoms with Crippen molar-refractivity contribution in [3.05, 3.63) is 54.0 Å². The molecule has 5 heteroatoms. The minimum atomic E-state index is -0.304. The number of carbonyl (C=O) groups is 1. The third-order valence-electron chi connectivity index (χ3n) is 4.75. The molecule has 0 unspecified atom stereocenters. The summed E-state index contributed by atoms with van der Waals surface area (Å²) < 4.78 is 14.1. The van der Waals surface area contributed by atoms with Gasteiger partial charge < -0.3 is 5.32 Å². The van der Waals surface area contributed by atoms with Gasteiger partial charge in [0, 0.05) is 17.5 Å². The van der Waals surface area contributed by atoms with Gasteiger partial charge in [-0.15, -0.1) is 0 Å². The average Bonchev–Trinajstić information content (AvgIpc) is 3.01. The number of fused-ring (bicyclic) bond motifs is 1. The third-order valence-corrected chi connectivity index (χ3v) is 4.75. The number of nitrogens with one attached hydrogen (secondary N) is 2. The lowest BCUT2D eigenvalue weighted by Gasteiger charge is -2.25. The van der Waals surface area contributed by atoms with Crippen molar-refractivity contribution in [1.82, 2.24) is 15.5 Å². The first kappa shape index (κ1) is 14.9. The number of benzene rings is 2. The third kappa shape index (κ3) is 2.66. The Morgan fingerprint density at radius 2 is 2.12 bits per heavy atom. The Bertz CT molecular complexity index is 899. The lowest BCUT2D eigenvalue weighted by molar-refractivity contribution is 0.0940. The molecule has 3 aromatic rings. The summed E-state index contributed by atoms with van der Waals surface area (Å²) in [5, 5.41) is 10.7. The molecule has 4 nitrogen and oxygen atoms in total. The largest absolute Gasteiger partial charge is 0.352 e. The molecule has 0 bridgehead atoms. The van der Waals surface area contributed by atoms with Crippen molar-refractivity contribution in [2.45, 2.75) is 19.3 Å². The van der Waals surface area contributed by atoms with Crippen molar-refractivity contribution >= 4 is 16.8 Å². The van der Waals surface area contributed by atoms with Gasteiger partial charge in [0.05, 0.1) is 17.3 Å². The maximum Gasteiger partial charge on any atom is 0.253 e. The van der Waals surface area contributed by atoms with Crippen molar-refractivity contribution < 1.29 is 9.18 Å². The fraction of sp³-hybridized carbons (Fsp3) is 0.263. The number of nitrogens with zero attached hydrogens (tertiary/aromatic N) is 1. The van der Waals surface area contributed by atoms with Crippen LogP contribution < -0.4 is 5.32 Å². The van der Waals surface area contributed by atoms with Crippen LogP contribution in [0, 0.1) is 11.7 Å². The Morgan fingerprint density at radius 1 is 1.29 bits per heavy atom. The topological polar surface area (TPSA) is 57.8 Å². The van der Waals surface area contributed by atoms with E-state index in [-0.39, 0.29) is 11.7 Å². The van der Waals surface area contributed by atoms with E-state index in [9.17, 15) is 9.18 Å². The number of aromatic amines is 1. The van der Waals surface area contributed by atoms with Crippen LogP contribution in [0.1, 0.15) is 29.6 Å². The Balaban J connectivity index is 1.72. The molecule has 0 radical (unpaired) electrons. The number of aromatic nitrogens is 2. The number of hydrogen-bond donors (Lipinski definition) is 2. The van der Waals surface area contributed by atoms with Crippen molar-refractivity contribution in [3.63, 3.8) is 0 Å². The molecule has 2 aromatic carbocycles. The molecule has 1 amide bonds. The van der Waals surface area contributed by atoms with E-state index >= 15 is 0 Å². The second-order valence-electron chi connectivity index (χ2n) is 6.34. The predicted octanol–water partition coefficient (Wildman–Crippen LogP) is 3.90. The van der Waals surface area contributed by atoms with Crippen LogP contribution in [0.15, 0.2) is 42.6 Å². The number of halogens is 1. The molecule has 2 N–H and O–H groups in total. The molecular weight excluding hydrogens is 305 g/mol. The summed E-state index contributed by atoms with van der Waals surface area (Å²) >= 11 is 0. The molecule has 0 spiro atoms. The minimum absolute atomic E-state index is 0.144. The Hall–Kier alpha value is -2.69. The van der Waals surface area contributed by atoms with Gasteiger partial charge in [0.2, 0.25) is 0 Å². The van der Waals surface area contributed by atoms with Gasteiger partial charge in [-0.3, -0.25) is 9.89 Å². The quantitative estimate of drug-likeness (QED) is 0.765. The van der Waals surface area contributed by atoms with E-state index < -0.39 is 0 Å². The molecule has 0 saturated heterocycles. The van der Waals surface area contributed by atoms with E-state index in [1.807, 2.05) is 6.07 Å². The number of carbonyl (C=O) groups excluding carboxylic acids is 1. The van der Waals surface area contributed by atoms with Crippen LogP contribution in [0.2, 0.25) is 0 Å². The highest BCUT2D eigenvalue weighted by molar-refractivity contribution is 6.07. The van der Waals surface area contributed by atoms with Crippen LogP contribution in [0.5, 0.6) is 0 Å². The van der Waals surface area contributed by atoms with Crippen LogP contribution in [0.25, 0.3) is 22.0 Å². The minimum Gasteiger partial charge on any atom is -0.352 e. The molecule has 0 aliphatic heterocycles. The summed E-state index contributed by atoms with van der Waals surface area (Å²) in [5.41, 5.74) is 2.34. The zero-order valence-electron chi connectivity index (χ0n) is 13.2. The van der Waals surface area contributed by atoms with Gasteiger partial charge in [0.15, 0.2) is 0 Å². The summed E-state index contributed by atoms with van der Waals surface area (Å²) in [6, 6.07) is 10.2. The number of hydrogen-bond acceptors (Lipinski definition) is 2. The highest BCUT2D eigenvalue weighted by Crippen LogP contribution is 2.29. The van der Waals surface area contributed by atoms with E-state index in [2.05, 4.69) is 15.5 Å². The fourth-order valence-electron chi connectivity index (χ4n) is 3.12. The number of amides is 1. The average molecular weight is 323 g/mol. The smallest absolute Gasteiger partial charge is 0.253 e. The zero-order chi connectivity index (χ0) is 16.5. The number of H-pyrrole nitrogens is 1. The first-order chi connectivity index (χ1) is 11.7. The standard InChI is InChI=1S/C19H18FN3O/c20-17-7-2-1-6-15(17)13-8-14-11-22-23-18(14)16(9-13)19(24)21-10-12-4-3-5-12/h1-2,6-9,11-12H,3-5,10H2,(H,21,24)(H,22,23). The molecular formula is C19H18FN3O. The summed E-state index contributed by atoms with van der Waals surface area (Å²) in [7, 11) is 0. The first-order valence-corrected chi connectivity index (χ1v) is 8.22. The van der Waals surface area contributed by atoms with Crippen LogP contribution in [-0.2, 0) is 0 Å². The van der Waals surface area contributed by atoms with Crippen LogP contribution >= 0.6 is 0 Å². The van der Waals surface area contributed by atoms with Crippen LogP contribution in [0.3, 0.4) is 0 Å². The lowest BCUT2D eigenvalue weighted by atomic mass is 9.85. The van der Waals surface area contributed by atoms with Crippen LogP contribution in [-0.4, -0.2) is 22.6 Å². The molecule has 1 heterocycles. The molecule has 1 saturated carbocycles. The van der Waals surface area contributed by atoms with E-state index in [1.54, 1.807) is 30.5 Å². The summed E-state index contributed by atoms with van der Waals surface area (Å²) in [5.74, 6) is 0.136. The Morgan fingerprint density at radius 3 is 2.88 bits per heavy atom. The van der Waals surface area contributed by atoms with Crippen molar-refractivity contribution in [1.29, 1.82) is 0 Å². The first-order valence-electron chi connectivity index (χ1n) is 8.22. The zero-order valence-corrected chi connectivity index (χ0v) is 13.2. The van der Waals surface area contributed by atoms with E-state index in [0.717, 1.165) is 5.39 Å². The van der Waals surface area contributed by atoms with Crippen LogP contribution in [0.4, 0.5) is 4.39 Å². The normalized spacial score (nSPS) is 14.5. The van der Waals surface area contributed by atoms with Gasteiger partial charge in [-0.05, 0) is 42.5 Å². The maximum absolute atomic E-state index is 14.1. The highest BCUT2D eigenvalue weighted by atomic mass is 19.1.